The Hall–Kier alpha value is -4.49. The second kappa shape index (κ2) is 8.57. The number of amides is 1. The van der Waals surface area contributed by atoms with Crippen molar-refractivity contribution in [1.82, 2.24) is 15.0 Å². The van der Waals surface area contributed by atoms with Gasteiger partial charge in [0.25, 0.3) is 5.91 Å². The van der Waals surface area contributed by atoms with Crippen molar-refractivity contribution in [3.8, 4) is 11.8 Å². The summed E-state index contributed by atoms with van der Waals surface area (Å²) in [6, 6.07) is 15.6. The third-order valence-corrected chi connectivity index (χ3v) is 5.66. The van der Waals surface area contributed by atoms with Gasteiger partial charge in [0.2, 0.25) is 5.95 Å². The van der Waals surface area contributed by atoms with Crippen molar-refractivity contribution < 1.29 is 23.1 Å². The number of nitrogens with one attached hydrogen (secondary N) is 2. The predicted octanol–water partition coefficient (Wildman–Crippen LogP) is 2.71. The minimum Gasteiger partial charge on any atom is -0.478 e. The van der Waals surface area contributed by atoms with Crippen LogP contribution in [0.2, 0.25) is 0 Å². The number of benzene rings is 2. The van der Waals surface area contributed by atoms with Crippen LogP contribution in [-0.2, 0) is 9.84 Å². The number of anilines is 1. The molecule has 0 aliphatic heterocycles. The summed E-state index contributed by atoms with van der Waals surface area (Å²) < 4.78 is 23.4. The number of carbonyl (C=O) groups is 2. The first-order chi connectivity index (χ1) is 15.7. The molecule has 4 rings (SSSR count). The molecule has 0 aliphatic rings. The van der Waals surface area contributed by atoms with Gasteiger partial charge in [0, 0.05) is 11.8 Å². The molecule has 0 atom stereocenters. The van der Waals surface area contributed by atoms with E-state index in [1.807, 2.05) is 0 Å². The Morgan fingerprint density at radius 2 is 1.76 bits per heavy atom. The summed E-state index contributed by atoms with van der Waals surface area (Å²) in [5.74, 6) is 4.05. The molecule has 2 heterocycles. The third-order valence-electron chi connectivity index (χ3n) is 4.55. The second-order valence-corrected chi connectivity index (χ2v) is 9.02. The highest BCUT2D eigenvalue weighted by Gasteiger charge is 2.15. The number of hydrogen-bond acceptors (Lipinski definition) is 6. The van der Waals surface area contributed by atoms with Crippen LogP contribution in [-0.4, -0.2) is 46.6 Å². The summed E-state index contributed by atoms with van der Waals surface area (Å²) in [6.45, 7) is 0. The standard InChI is InChI=1S/C23H16N4O5S/c1-33(31,32)16-7-2-5-14(13-16)11-12-15-6-3-10-19(24-15)21(28)27-23-25-18-9-4-8-17(22(29)30)20(18)26-23/h2-10,13H,1H3,(H,29,30)(H2,25,26,27,28). The van der Waals surface area contributed by atoms with E-state index in [4.69, 9.17) is 0 Å². The van der Waals surface area contributed by atoms with Gasteiger partial charge >= 0.3 is 5.97 Å². The van der Waals surface area contributed by atoms with Crippen LogP contribution in [0, 0.1) is 11.8 Å². The minimum atomic E-state index is -3.35. The van der Waals surface area contributed by atoms with E-state index in [9.17, 15) is 23.1 Å². The molecular formula is C23H16N4O5S. The number of carboxylic acids is 1. The van der Waals surface area contributed by atoms with Gasteiger partial charge in [-0.15, -0.1) is 0 Å². The van der Waals surface area contributed by atoms with E-state index in [0.717, 1.165) is 6.26 Å². The molecule has 0 spiro atoms. The van der Waals surface area contributed by atoms with Crippen LogP contribution in [0.15, 0.2) is 65.6 Å². The molecule has 2 aromatic heterocycles. The largest absolute Gasteiger partial charge is 0.478 e. The van der Waals surface area contributed by atoms with E-state index in [1.165, 1.54) is 24.3 Å². The number of carbonyl (C=O) groups excluding carboxylic acids is 1. The van der Waals surface area contributed by atoms with E-state index in [1.54, 1.807) is 36.4 Å². The van der Waals surface area contributed by atoms with Gasteiger partial charge in [-0.3, -0.25) is 10.1 Å². The number of aromatic nitrogens is 3. The second-order valence-electron chi connectivity index (χ2n) is 7.00. The Morgan fingerprint density at radius 1 is 1.00 bits per heavy atom. The lowest BCUT2D eigenvalue weighted by Gasteiger charge is -2.01. The molecule has 164 valence electrons. The fourth-order valence-electron chi connectivity index (χ4n) is 3.01. The van der Waals surface area contributed by atoms with E-state index in [-0.39, 0.29) is 27.6 Å². The fraction of sp³-hybridized carbons (Fsp3) is 0.0435. The van der Waals surface area contributed by atoms with E-state index in [0.29, 0.717) is 16.8 Å². The number of aromatic carboxylic acids is 1. The van der Waals surface area contributed by atoms with E-state index < -0.39 is 21.7 Å². The summed E-state index contributed by atoms with van der Waals surface area (Å²) in [5, 5.41) is 11.8. The predicted molar refractivity (Wildman–Crippen MR) is 121 cm³/mol. The minimum absolute atomic E-state index is 0.0135. The van der Waals surface area contributed by atoms with Crippen LogP contribution >= 0.6 is 0 Å². The molecule has 0 aliphatic carbocycles. The average Bonchev–Trinajstić information content (AvgIpc) is 3.19. The molecule has 0 unspecified atom stereocenters. The number of pyridine rings is 1. The normalized spacial score (nSPS) is 10.9. The zero-order valence-electron chi connectivity index (χ0n) is 17.2. The number of aromatic amines is 1. The Labute approximate surface area is 188 Å². The molecule has 0 saturated carbocycles. The highest BCUT2D eigenvalue weighted by molar-refractivity contribution is 7.90. The number of fused-ring (bicyclic) bond motifs is 1. The SMILES string of the molecule is CS(=O)(=O)c1cccc(C#Cc2cccc(C(=O)Nc3nc4c(C(=O)O)cccc4[nH]3)n2)c1. The molecule has 9 nitrogen and oxygen atoms in total. The molecule has 0 saturated heterocycles. The number of sulfone groups is 1. The van der Waals surface area contributed by atoms with Gasteiger partial charge in [-0.25, -0.2) is 23.2 Å². The monoisotopic (exact) mass is 460 g/mol. The van der Waals surface area contributed by atoms with Crippen molar-refractivity contribution in [2.75, 3.05) is 11.6 Å². The van der Waals surface area contributed by atoms with Gasteiger partial charge in [0.1, 0.15) is 16.9 Å². The zero-order valence-corrected chi connectivity index (χ0v) is 18.0. The molecule has 0 radical (unpaired) electrons. The lowest BCUT2D eigenvalue weighted by atomic mass is 10.2. The molecule has 0 fully saturated rings. The topological polar surface area (TPSA) is 142 Å². The molecule has 2 aromatic carbocycles. The van der Waals surface area contributed by atoms with Crippen LogP contribution < -0.4 is 5.32 Å². The molecule has 3 N–H and O–H groups in total. The molecule has 10 heteroatoms. The lowest BCUT2D eigenvalue weighted by Crippen LogP contribution is -2.15. The van der Waals surface area contributed by atoms with Crippen LogP contribution in [0.1, 0.15) is 32.1 Å². The summed E-state index contributed by atoms with van der Waals surface area (Å²) in [6.07, 6.45) is 1.12. The highest BCUT2D eigenvalue weighted by Crippen LogP contribution is 2.19. The number of H-pyrrole nitrogens is 1. The van der Waals surface area contributed by atoms with Crippen molar-refractivity contribution in [2.24, 2.45) is 0 Å². The summed E-state index contributed by atoms with van der Waals surface area (Å²) >= 11 is 0. The maximum absolute atomic E-state index is 12.6. The fourth-order valence-corrected chi connectivity index (χ4v) is 3.67. The first kappa shape index (κ1) is 21.7. The lowest BCUT2D eigenvalue weighted by molar-refractivity contribution is 0.0698. The third kappa shape index (κ3) is 4.89. The van der Waals surface area contributed by atoms with Gasteiger partial charge in [-0.05, 0) is 48.4 Å². The number of para-hydroxylation sites is 1. The van der Waals surface area contributed by atoms with Crippen LogP contribution in [0.4, 0.5) is 5.95 Å². The van der Waals surface area contributed by atoms with Crippen molar-refractivity contribution in [3.05, 3.63) is 83.2 Å². The molecule has 0 bridgehead atoms. The highest BCUT2D eigenvalue weighted by atomic mass is 32.2. The summed E-state index contributed by atoms with van der Waals surface area (Å²) in [7, 11) is -3.35. The van der Waals surface area contributed by atoms with Crippen molar-refractivity contribution in [1.29, 1.82) is 0 Å². The maximum atomic E-state index is 12.6. The van der Waals surface area contributed by atoms with Crippen molar-refractivity contribution >= 4 is 38.7 Å². The number of imidazole rings is 1. The summed E-state index contributed by atoms with van der Waals surface area (Å²) in [4.78, 5) is 35.4. The Morgan fingerprint density at radius 3 is 2.52 bits per heavy atom. The van der Waals surface area contributed by atoms with Crippen LogP contribution in [0.5, 0.6) is 0 Å². The maximum Gasteiger partial charge on any atom is 0.337 e. The van der Waals surface area contributed by atoms with Gasteiger partial charge in [-0.2, -0.15) is 0 Å². The van der Waals surface area contributed by atoms with Gasteiger partial charge in [-0.1, -0.05) is 24.1 Å². The Kier molecular flexibility index (Phi) is 5.64. The Balaban J connectivity index is 1.56. The van der Waals surface area contributed by atoms with Crippen molar-refractivity contribution in [2.45, 2.75) is 4.90 Å². The van der Waals surface area contributed by atoms with Crippen LogP contribution in [0.3, 0.4) is 0 Å². The summed E-state index contributed by atoms with van der Waals surface area (Å²) in [5.41, 5.74) is 1.58. The smallest absolute Gasteiger partial charge is 0.337 e. The van der Waals surface area contributed by atoms with Crippen LogP contribution in [0.25, 0.3) is 11.0 Å². The van der Waals surface area contributed by atoms with Gasteiger partial charge < -0.3 is 10.1 Å². The van der Waals surface area contributed by atoms with Crippen molar-refractivity contribution in [3.63, 3.8) is 0 Å². The molecule has 1 amide bonds. The van der Waals surface area contributed by atoms with E-state index in [2.05, 4.69) is 32.1 Å². The number of hydrogen-bond donors (Lipinski definition) is 3. The molecule has 4 aromatic rings. The quantitative estimate of drug-likeness (QED) is 0.398. The zero-order chi connectivity index (χ0) is 23.6. The number of rotatable bonds is 4. The molecular weight excluding hydrogens is 444 g/mol. The number of carboxylic acid groups (broad SMARTS) is 1. The van der Waals surface area contributed by atoms with Gasteiger partial charge in [0.05, 0.1) is 16.0 Å². The Bertz CT molecular complexity index is 1580. The average molecular weight is 460 g/mol. The number of nitrogens with zero attached hydrogens (tertiary/aromatic N) is 2. The van der Waals surface area contributed by atoms with Gasteiger partial charge in [0.15, 0.2) is 9.84 Å². The first-order valence-electron chi connectivity index (χ1n) is 9.53. The molecule has 33 heavy (non-hydrogen) atoms. The van der Waals surface area contributed by atoms with E-state index >= 15 is 0 Å². The first-order valence-corrected chi connectivity index (χ1v) is 11.4.